The fraction of sp³-hybridized carbons (Fsp3) is 0.500. The summed E-state index contributed by atoms with van der Waals surface area (Å²) in [5, 5.41) is 0. The Morgan fingerprint density at radius 1 is 1.39 bits per heavy atom. The molecule has 0 unspecified atom stereocenters. The fourth-order valence-corrected chi connectivity index (χ4v) is 1.94. The highest BCUT2D eigenvalue weighted by Crippen LogP contribution is 2.23. The number of benzene rings is 1. The predicted octanol–water partition coefficient (Wildman–Crippen LogP) is 2.16. The van der Waals surface area contributed by atoms with Gasteiger partial charge < -0.3 is 10.6 Å². The maximum absolute atomic E-state index is 13.5. The zero-order chi connectivity index (χ0) is 13.8. The van der Waals surface area contributed by atoms with Crippen LogP contribution in [-0.4, -0.2) is 24.4 Å². The molecule has 0 bridgehead atoms. The molecule has 0 saturated heterocycles. The Balaban J connectivity index is 2.74. The van der Waals surface area contributed by atoms with Gasteiger partial charge in [0.25, 0.3) is 0 Å². The third-order valence-corrected chi connectivity index (χ3v) is 3.06. The van der Waals surface area contributed by atoms with Gasteiger partial charge in [0.15, 0.2) is 0 Å². The minimum absolute atomic E-state index is 0.0174. The van der Waals surface area contributed by atoms with Crippen LogP contribution in [0, 0.1) is 11.2 Å². The second-order valence-corrected chi connectivity index (χ2v) is 5.18. The first-order valence-electron chi connectivity index (χ1n) is 6.07. The van der Waals surface area contributed by atoms with E-state index in [2.05, 4.69) is 0 Å². The first-order chi connectivity index (χ1) is 8.38. The van der Waals surface area contributed by atoms with Crippen LogP contribution in [0.5, 0.6) is 0 Å². The Morgan fingerprint density at radius 2 is 2.00 bits per heavy atom. The van der Waals surface area contributed by atoms with E-state index in [9.17, 15) is 9.18 Å². The average molecular weight is 252 g/mol. The van der Waals surface area contributed by atoms with Crippen molar-refractivity contribution in [1.29, 1.82) is 0 Å². The lowest BCUT2D eigenvalue weighted by Crippen LogP contribution is -2.39. The summed E-state index contributed by atoms with van der Waals surface area (Å²) in [5.41, 5.74) is 5.52. The highest BCUT2D eigenvalue weighted by molar-refractivity contribution is 5.81. The summed E-state index contributed by atoms with van der Waals surface area (Å²) in [5.74, 6) is -0.301. The summed E-state index contributed by atoms with van der Waals surface area (Å²) in [7, 11) is 1.69. The molecule has 0 radical (unpaired) electrons. The number of halogens is 1. The largest absolute Gasteiger partial charge is 0.341 e. The van der Waals surface area contributed by atoms with Crippen molar-refractivity contribution in [3.05, 3.63) is 35.6 Å². The molecule has 0 saturated carbocycles. The molecular weight excluding hydrogens is 231 g/mol. The van der Waals surface area contributed by atoms with Gasteiger partial charge in [-0.3, -0.25) is 4.79 Å². The van der Waals surface area contributed by atoms with E-state index in [1.54, 1.807) is 30.1 Å². The van der Waals surface area contributed by atoms with Crippen LogP contribution in [0.4, 0.5) is 4.39 Å². The third kappa shape index (κ3) is 3.53. The molecule has 0 spiro atoms. The Labute approximate surface area is 108 Å². The second kappa shape index (κ2) is 5.96. The van der Waals surface area contributed by atoms with Gasteiger partial charge in [-0.25, -0.2) is 4.39 Å². The summed E-state index contributed by atoms with van der Waals surface area (Å²) in [6, 6.07) is 6.49. The smallest absolute Gasteiger partial charge is 0.228 e. The topological polar surface area (TPSA) is 46.3 Å². The predicted molar refractivity (Wildman–Crippen MR) is 70.3 cm³/mol. The number of nitrogens with two attached hydrogens (primary N) is 1. The number of hydrogen-bond acceptors (Lipinski definition) is 2. The molecule has 0 aliphatic heterocycles. The van der Waals surface area contributed by atoms with Gasteiger partial charge in [0, 0.05) is 24.6 Å². The zero-order valence-electron chi connectivity index (χ0n) is 11.2. The summed E-state index contributed by atoms with van der Waals surface area (Å²) in [6.45, 7) is 4.46. The summed E-state index contributed by atoms with van der Waals surface area (Å²) < 4.78 is 13.5. The van der Waals surface area contributed by atoms with Crippen LogP contribution in [0.3, 0.4) is 0 Å². The molecule has 18 heavy (non-hydrogen) atoms. The number of carbonyl (C=O) groups is 1. The molecule has 1 rings (SSSR count). The quantitative estimate of drug-likeness (QED) is 0.873. The monoisotopic (exact) mass is 252 g/mol. The Bertz CT molecular complexity index is 418. The van der Waals surface area contributed by atoms with Crippen LogP contribution < -0.4 is 5.73 Å². The molecular formula is C14H21FN2O. The summed E-state index contributed by atoms with van der Waals surface area (Å²) in [4.78, 5) is 13.8. The molecule has 0 aromatic heterocycles. The van der Waals surface area contributed by atoms with Crippen LogP contribution in [0.15, 0.2) is 24.3 Å². The summed E-state index contributed by atoms with van der Waals surface area (Å²) in [6.07, 6.45) is 0.618. The lowest BCUT2D eigenvalue weighted by Gasteiger charge is -2.29. The number of nitrogens with zero attached hydrogens (tertiary/aromatic N) is 1. The Morgan fingerprint density at radius 3 is 2.56 bits per heavy atom. The van der Waals surface area contributed by atoms with E-state index in [4.69, 9.17) is 5.73 Å². The van der Waals surface area contributed by atoms with Crippen molar-refractivity contribution in [3.8, 4) is 0 Å². The van der Waals surface area contributed by atoms with Crippen molar-refractivity contribution in [2.24, 2.45) is 11.1 Å². The highest BCUT2D eigenvalue weighted by atomic mass is 19.1. The van der Waals surface area contributed by atoms with Crippen molar-refractivity contribution >= 4 is 5.91 Å². The van der Waals surface area contributed by atoms with Crippen LogP contribution in [0.2, 0.25) is 0 Å². The maximum Gasteiger partial charge on any atom is 0.228 e. The van der Waals surface area contributed by atoms with Crippen molar-refractivity contribution in [2.75, 3.05) is 13.6 Å². The van der Waals surface area contributed by atoms with Gasteiger partial charge in [0.2, 0.25) is 5.91 Å². The van der Waals surface area contributed by atoms with Gasteiger partial charge in [-0.2, -0.15) is 0 Å². The average Bonchev–Trinajstić information content (AvgIpc) is 2.31. The molecule has 2 N–H and O–H groups in total. The lowest BCUT2D eigenvalue weighted by atomic mass is 9.87. The van der Waals surface area contributed by atoms with Crippen molar-refractivity contribution in [3.63, 3.8) is 0 Å². The van der Waals surface area contributed by atoms with Gasteiger partial charge in [0.1, 0.15) is 5.82 Å². The van der Waals surface area contributed by atoms with E-state index in [0.717, 1.165) is 0 Å². The van der Waals surface area contributed by atoms with Gasteiger partial charge in [-0.1, -0.05) is 32.0 Å². The van der Waals surface area contributed by atoms with Crippen LogP contribution in [0.1, 0.15) is 25.8 Å². The van der Waals surface area contributed by atoms with Crippen LogP contribution in [-0.2, 0) is 11.3 Å². The standard InChI is InChI=1S/C14H21FN2O/c1-14(2,8-9-16)13(18)17(3)10-11-6-4-5-7-12(11)15/h4-7H,8-10,16H2,1-3H3. The second-order valence-electron chi connectivity index (χ2n) is 5.18. The number of hydrogen-bond donors (Lipinski definition) is 1. The summed E-state index contributed by atoms with van der Waals surface area (Å²) >= 11 is 0. The number of carbonyl (C=O) groups excluding carboxylic acids is 1. The molecule has 1 aromatic rings. The third-order valence-electron chi connectivity index (χ3n) is 3.06. The molecule has 1 aromatic carbocycles. The fourth-order valence-electron chi connectivity index (χ4n) is 1.94. The minimum Gasteiger partial charge on any atom is -0.341 e. The van der Waals surface area contributed by atoms with Gasteiger partial charge in [-0.15, -0.1) is 0 Å². The van der Waals surface area contributed by atoms with Gasteiger partial charge in [-0.05, 0) is 19.0 Å². The number of amides is 1. The molecule has 100 valence electrons. The number of rotatable bonds is 5. The maximum atomic E-state index is 13.5. The molecule has 1 amide bonds. The molecule has 0 fully saturated rings. The van der Waals surface area contributed by atoms with E-state index in [1.165, 1.54) is 6.07 Å². The molecule has 0 heterocycles. The van der Waals surface area contributed by atoms with Crippen LogP contribution >= 0.6 is 0 Å². The van der Waals surface area contributed by atoms with Crippen LogP contribution in [0.25, 0.3) is 0 Å². The van der Waals surface area contributed by atoms with E-state index >= 15 is 0 Å². The lowest BCUT2D eigenvalue weighted by molar-refractivity contribution is -0.139. The van der Waals surface area contributed by atoms with E-state index < -0.39 is 5.41 Å². The van der Waals surface area contributed by atoms with E-state index in [1.807, 2.05) is 13.8 Å². The van der Waals surface area contributed by atoms with Gasteiger partial charge in [0.05, 0.1) is 0 Å². The highest BCUT2D eigenvalue weighted by Gasteiger charge is 2.29. The molecule has 0 aliphatic rings. The zero-order valence-corrected chi connectivity index (χ0v) is 11.2. The van der Waals surface area contributed by atoms with Crippen molar-refractivity contribution < 1.29 is 9.18 Å². The Kier molecular flexibility index (Phi) is 4.84. The van der Waals surface area contributed by atoms with E-state index in [0.29, 0.717) is 18.5 Å². The van der Waals surface area contributed by atoms with Gasteiger partial charge >= 0.3 is 0 Å². The first kappa shape index (κ1) is 14.6. The Hall–Kier alpha value is -1.42. The minimum atomic E-state index is -0.505. The van der Waals surface area contributed by atoms with E-state index in [-0.39, 0.29) is 18.3 Å². The van der Waals surface area contributed by atoms with Crippen molar-refractivity contribution in [2.45, 2.75) is 26.8 Å². The SMILES string of the molecule is CN(Cc1ccccc1F)C(=O)C(C)(C)CCN. The molecule has 3 nitrogen and oxygen atoms in total. The molecule has 4 heteroatoms. The molecule has 0 aliphatic carbocycles. The van der Waals surface area contributed by atoms with Crippen molar-refractivity contribution in [1.82, 2.24) is 4.90 Å². The molecule has 0 atom stereocenters. The normalized spacial score (nSPS) is 11.4. The first-order valence-corrected chi connectivity index (χ1v) is 6.07.